The van der Waals surface area contributed by atoms with E-state index in [1.165, 1.54) is 0 Å². The highest BCUT2D eigenvalue weighted by Gasteiger charge is 2.11. The minimum Gasteiger partial charge on any atom is -0.379 e. The number of benzene rings is 1. The van der Waals surface area contributed by atoms with Gasteiger partial charge >= 0.3 is 0 Å². The van der Waals surface area contributed by atoms with Crippen LogP contribution in [-0.2, 0) is 4.74 Å². The molecule has 1 amide bonds. The summed E-state index contributed by atoms with van der Waals surface area (Å²) in [6.07, 6.45) is 3.28. The largest absolute Gasteiger partial charge is 0.379 e. The number of aromatic nitrogens is 2. The standard InChI is InChI=1S/C23H24ClN5O2/c24-20-6-5-18(15-19(20)21-3-1-2-8-25-21)28-23(30)17-4-7-22(27-16-17)26-9-10-29-11-13-31-14-12-29/h1-8,15-16H,9-14H2,(H,26,27)(H,28,30). The van der Waals surface area contributed by atoms with Crippen LogP contribution in [0.25, 0.3) is 11.3 Å². The van der Waals surface area contributed by atoms with Gasteiger partial charge in [-0.25, -0.2) is 4.98 Å². The summed E-state index contributed by atoms with van der Waals surface area (Å²) >= 11 is 6.31. The van der Waals surface area contributed by atoms with Gasteiger partial charge in [-0.15, -0.1) is 0 Å². The summed E-state index contributed by atoms with van der Waals surface area (Å²) in [5.74, 6) is 0.510. The van der Waals surface area contributed by atoms with Gasteiger partial charge in [0.2, 0.25) is 0 Å². The number of amides is 1. The highest BCUT2D eigenvalue weighted by atomic mass is 35.5. The van der Waals surface area contributed by atoms with Crippen molar-refractivity contribution in [1.82, 2.24) is 14.9 Å². The average molecular weight is 438 g/mol. The molecule has 3 heterocycles. The molecular formula is C23H24ClN5O2. The Morgan fingerprint density at radius 1 is 1.10 bits per heavy atom. The fourth-order valence-electron chi connectivity index (χ4n) is 3.32. The average Bonchev–Trinajstić information content (AvgIpc) is 2.82. The van der Waals surface area contributed by atoms with E-state index < -0.39 is 0 Å². The Hall–Kier alpha value is -3.00. The van der Waals surface area contributed by atoms with Gasteiger partial charge in [-0.2, -0.15) is 0 Å². The quantitative estimate of drug-likeness (QED) is 0.585. The van der Waals surface area contributed by atoms with Crippen molar-refractivity contribution in [2.75, 3.05) is 50.0 Å². The normalized spacial score (nSPS) is 14.2. The van der Waals surface area contributed by atoms with Crippen molar-refractivity contribution >= 4 is 29.0 Å². The smallest absolute Gasteiger partial charge is 0.257 e. The number of hydrogen-bond donors (Lipinski definition) is 2. The molecule has 2 N–H and O–H groups in total. The number of rotatable bonds is 7. The van der Waals surface area contributed by atoms with Crippen LogP contribution in [0, 0.1) is 0 Å². The number of morpholine rings is 1. The van der Waals surface area contributed by atoms with Gasteiger partial charge in [0.25, 0.3) is 5.91 Å². The molecule has 0 bridgehead atoms. The maximum atomic E-state index is 12.6. The third kappa shape index (κ3) is 5.79. The lowest BCUT2D eigenvalue weighted by Crippen LogP contribution is -2.39. The van der Waals surface area contributed by atoms with Crippen LogP contribution in [-0.4, -0.2) is 60.2 Å². The van der Waals surface area contributed by atoms with Crippen molar-refractivity contribution < 1.29 is 9.53 Å². The number of pyridine rings is 2. The zero-order valence-electron chi connectivity index (χ0n) is 17.1. The lowest BCUT2D eigenvalue weighted by atomic mass is 10.1. The van der Waals surface area contributed by atoms with Gasteiger partial charge in [0.05, 0.1) is 29.5 Å². The number of carbonyl (C=O) groups is 1. The highest BCUT2D eigenvalue weighted by Crippen LogP contribution is 2.29. The first-order valence-electron chi connectivity index (χ1n) is 10.2. The van der Waals surface area contributed by atoms with Crippen LogP contribution in [0.4, 0.5) is 11.5 Å². The monoisotopic (exact) mass is 437 g/mol. The Balaban J connectivity index is 1.34. The first-order valence-corrected chi connectivity index (χ1v) is 10.6. The highest BCUT2D eigenvalue weighted by molar-refractivity contribution is 6.33. The summed E-state index contributed by atoms with van der Waals surface area (Å²) in [7, 11) is 0. The fraction of sp³-hybridized carbons (Fsp3) is 0.261. The van der Waals surface area contributed by atoms with Crippen molar-refractivity contribution in [1.29, 1.82) is 0 Å². The first kappa shape index (κ1) is 21.2. The van der Waals surface area contributed by atoms with Gasteiger partial charge in [-0.3, -0.25) is 14.7 Å². The van der Waals surface area contributed by atoms with Crippen LogP contribution < -0.4 is 10.6 Å². The van der Waals surface area contributed by atoms with Crippen molar-refractivity contribution in [3.8, 4) is 11.3 Å². The zero-order valence-corrected chi connectivity index (χ0v) is 17.8. The molecule has 31 heavy (non-hydrogen) atoms. The SMILES string of the molecule is O=C(Nc1ccc(Cl)c(-c2ccccn2)c1)c1ccc(NCCN2CCOCC2)nc1. The lowest BCUT2D eigenvalue weighted by molar-refractivity contribution is 0.0398. The summed E-state index contributed by atoms with van der Waals surface area (Å²) in [5, 5.41) is 6.76. The molecule has 0 spiro atoms. The minimum absolute atomic E-state index is 0.235. The van der Waals surface area contributed by atoms with E-state index >= 15 is 0 Å². The summed E-state index contributed by atoms with van der Waals surface area (Å²) in [6.45, 7) is 5.22. The molecule has 0 aliphatic carbocycles. The van der Waals surface area contributed by atoms with Gasteiger partial charge in [0, 0.05) is 49.8 Å². The number of nitrogens with one attached hydrogen (secondary N) is 2. The maximum absolute atomic E-state index is 12.6. The van der Waals surface area contributed by atoms with Crippen molar-refractivity contribution in [3.63, 3.8) is 0 Å². The second-order valence-corrected chi connectivity index (χ2v) is 7.58. The molecule has 2 aromatic heterocycles. The minimum atomic E-state index is -0.235. The first-order chi connectivity index (χ1) is 15.2. The predicted molar refractivity (Wildman–Crippen MR) is 123 cm³/mol. The molecule has 1 fully saturated rings. The number of ether oxygens (including phenoxy) is 1. The topological polar surface area (TPSA) is 79.4 Å². The predicted octanol–water partition coefficient (Wildman–Crippen LogP) is 3.79. The Kier molecular flexibility index (Phi) is 7.09. The third-order valence-electron chi connectivity index (χ3n) is 5.03. The molecule has 7 nitrogen and oxygen atoms in total. The second-order valence-electron chi connectivity index (χ2n) is 7.18. The molecule has 1 saturated heterocycles. The molecule has 4 rings (SSSR count). The van der Waals surface area contributed by atoms with E-state index in [0.717, 1.165) is 56.5 Å². The van der Waals surface area contributed by atoms with Crippen LogP contribution in [0.15, 0.2) is 60.9 Å². The van der Waals surface area contributed by atoms with E-state index in [1.54, 1.807) is 30.6 Å². The summed E-state index contributed by atoms with van der Waals surface area (Å²) < 4.78 is 5.36. The number of nitrogens with zero attached hydrogens (tertiary/aromatic N) is 3. The lowest BCUT2D eigenvalue weighted by Gasteiger charge is -2.26. The molecule has 160 valence electrons. The Morgan fingerprint density at radius 2 is 1.97 bits per heavy atom. The number of anilines is 2. The summed E-state index contributed by atoms with van der Waals surface area (Å²) in [5.41, 5.74) is 2.63. The third-order valence-corrected chi connectivity index (χ3v) is 5.36. The van der Waals surface area contributed by atoms with Crippen molar-refractivity contribution in [2.24, 2.45) is 0 Å². The number of halogens is 1. The number of hydrogen-bond acceptors (Lipinski definition) is 6. The fourth-order valence-corrected chi connectivity index (χ4v) is 3.54. The molecule has 1 aliphatic rings. The Bertz CT molecular complexity index is 1010. The molecule has 8 heteroatoms. The van der Waals surface area contributed by atoms with Gasteiger partial charge < -0.3 is 15.4 Å². The van der Waals surface area contributed by atoms with E-state index in [1.807, 2.05) is 30.3 Å². The molecule has 3 aromatic rings. The van der Waals surface area contributed by atoms with Crippen LogP contribution in [0.1, 0.15) is 10.4 Å². The van der Waals surface area contributed by atoms with E-state index in [-0.39, 0.29) is 5.91 Å². The molecule has 0 atom stereocenters. The van der Waals surface area contributed by atoms with Crippen LogP contribution in [0.2, 0.25) is 5.02 Å². The number of carbonyl (C=O) groups excluding carboxylic acids is 1. The van der Waals surface area contributed by atoms with E-state index in [0.29, 0.717) is 16.3 Å². The van der Waals surface area contributed by atoms with E-state index in [2.05, 4.69) is 25.5 Å². The van der Waals surface area contributed by atoms with Crippen molar-refractivity contribution in [3.05, 3.63) is 71.5 Å². The zero-order chi connectivity index (χ0) is 21.5. The van der Waals surface area contributed by atoms with Gasteiger partial charge in [0.15, 0.2) is 0 Å². The van der Waals surface area contributed by atoms with Crippen molar-refractivity contribution in [2.45, 2.75) is 0 Å². The van der Waals surface area contributed by atoms with Crippen LogP contribution in [0.5, 0.6) is 0 Å². The van der Waals surface area contributed by atoms with Crippen LogP contribution in [0.3, 0.4) is 0 Å². The maximum Gasteiger partial charge on any atom is 0.257 e. The van der Waals surface area contributed by atoms with Gasteiger partial charge in [-0.05, 0) is 42.5 Å². The summed E-state index contributed by atoms with van der Waals surface area (Å²) in [6, 6.07) is 14.5. The van der Waals surface area contributed by atoms with E-state index in [4.69, 9.17) is 16.3 Å². The van der Waals surface area contributed by atoms with Gasteiger partial charge in [-0.1, -0.05) is 17.7 Å². The second kappa shape index (κ2) is 10.3. The molecule has 1 aromatic carbocycles. The molecular weight excluding hydrogens is 414 g/mol. The Morgan fingerprint density at radius 3 is 2.71 bits per heavy atom. The van der Waals surface area contributed by atoms with Crippen LogP contribution >= 0.6 is 11.6 Å². The van der Waals surface area contributed by atoms with E-state index in [9.17, 15) is 4.79 Å². The molecule has 1 aliphatic heterocycles. The molecule has 0 unspecified atom stereocenters. The molecule has 0 radical (unpaired) electrons. The molecule has 0 saturated carbocycles. The van der Waals surface area contributed by atoms with Gasteiger partial charge in [0.1, 0.15) is 5.82 Å². The Labute approximate surface area is 186 Å². The summed E-state index contributed by atoms with van der Waals surface area (Å²) in [4.78, 5) is 23.7.